The Kier molecular flexibility index (Phi) is 3.27. The highest BCUT2D eigenvalue weighted by Crippen LogP contribution is 2.12. The quantitative estimate of drug-likeness (QED) is 0.790. The molecule has 14 heavy (non-hydrogen) atoms. The zero-order chi connectivity index (χ0) is 10.6. The first-order valence-corrected chi connectivity index (χ1v) is 4.79. The third kappa shape index (κ3) is 3.20. The van der Waals surface area contributed by atoms with E-state index in [-0.39, 0.29) is 0 Å². The fourth-order valence-electron chi connectivity index (χ4n) is 1.33. The molecule has 0 saturated heterocycles. The Labute approximate surface area is 85.4 Å². The average Bonchev–Trinajstić information content (AvgIpc) is 2.15. The Morgan fingerprint density at radius 1 is 1.50 bits per heavy atom. The Balaban J connectivity index is 2.59. The summed E-state index contributed by atoms with van der Waals surface area (Å²) in [6.45, 7) is 3.83. The minimum atomic E-state index is -0.705. The summed E-state index contributed by atoms with van der Waals surface area (Å²) in [5, 5.41) is 8.75. The van der Waals surface area contributed by atoms with Crippen LogP contribution in [0.4, 0.5) is 0 Å². The monoisotopic (exact) mass is 188 g/mol. The van der Waals surface area contributed by atoms with Crippen LogP contribution in [0.2, 0.25) is 0 Å². The molecule has 0 aromatic heterocycles. The molecule has 0 spiro atoms. The highest BCUT2D eigenvalue weighted by Gasteiger charge is 2.16. The van der Waals surface area contributed by atoms with E-state index in [9.17, 15) is 0 Å². The van der Waals surface area contributed by atoms with Gasteiger partial charge in [-0.25, -0.2) is 0 Å². The zero-order valence-electron chi connectivity index (χ0n) is 8.75. The molecule has 2 N–H and O–H groups in total. The van der Waals surface area contributed by atoms with E-state index in [0.717, 1.165) is 6.42 Å². The second-order valence-corrected chi connectivity index (χ2v) is 4.02. The van der Waals surface area contributed by atoms with Gasteiger partial charge in [0, 0.05) is 0 Å². The Bertz CT molecular complexity index is 348. The number of hydrogen-bond acceptors (Lipinski definition) is 2. The molecule has 74 valence electrons. The van der Waals surface area contributed by atoms with E-state index >= 15 is 0 Å². The van der Waals surface area contributed by atoms with E-state index in [2.05, 4.69) is 31.2 Å². The van der Waals surface area contributed by atoms with Gasteiger partial charge >= 0.3 is 0 Å². The van der Waals surface area contributed by atoms with Crippen LogP contribution >= 0.6 is 0 Å². The normalized spacial score (nSPS) is 14.4. The molecule has 0 amide bonds. The lowest BCUT2D eigenvalue weighted by Gasteiger charge is -2.14. The summed E-state index contributed by atoms with van der Waals surface area (Å²) in [5.41, 5.74) is 7.53. The number of nitriles is 1. The number of nitrogens with two attached hydrogens (primary N) is 1. The van der Waals surface area contributed by atoms with Gasteiger partial charge < -0.3 is 5.73 Å². The van der Waals surface area contributed by atoms with Gasteiger partial charge in [-0.1, -0.05) is 29.8 Å². The largest absolute Gasteiger partial charge is 0.314 e. The first-order valence-electron chi connectivity index (χ1n) is 4.79. The number of benzene rings is 1. The topological polar surface area (TPSA) is 49.8 Å². The molecule has 0 saturated carbocycles. The molecule has 1 atom stereocenters. The molecular formula is C12H16N2. The molecule has 0 radical (unpaired) electrons. The van der Waals surface area contributed by atoms with Crippen LogP contribution in [0.1, 0.15) is 24.5 Å². The summed E-state index contributed by atoms with van der Waals surface area (Å²) in [6.07, 6.45) is 1.56. The molecule has 1 aromatic carbocycles. The summed E-state index contributed by atoms with van der Waals surface area (Å²) in [4.78, 5) is 0. The smallest absolute Gasteiger partial charge is 0.101 e. The second-order valence-electron chi connectivity index (χ2n) is 4.02. The van der Waals surface area contributed by atoms with E-state index in [4.69, 9.17) is 11.0 Å². The lowest BCUT2D eigenvalue weighted by Crippen LogP contribution is -2.34. The number of rotatable bonds is 3. The van der Waals surface area contributed by atoms with E-state index in [0.29, 0.717) is 6.42 Å². The number of aryl methyl sites for hydroxylation is 2. The molecule has 1 aromatic rings. The third-order valence-electron chi connectivity index (χ3n) is 2.27. The average molecular weight is 188 g/mol. The fourth-order valence-corrected chi connectivity index (χ4v) is 1.33. The maximum Gasteiger partial charge on any atom is 0.101 e. The van der Waals surface area contributed by atoms with E-state index in [1.807, 2.05) is 6.07 Å². The SMILES string of the molecule is Cc1cccc(CCC(C)(N)C#N)c1. The van der Waals surface area contributed by atoms with Gasteiger partial charge in [-0.15, -0.1) is 0 Å². The molecule has 2 nitrogen and oxygen atoms in total. The molecule has 0 heterocycles. The highest BCUT2D eigenvalue weighted by molar-refractivity contribution is 5.23. The Morgan fingerprint density at radius 2 is 2.21 bits per heavy atom. The fraction of sp³-hybridized carbons (Fsp3) is 0.417. The summed E-state index contributed by atoms with van der Waals surface area (Å²) in [6, 6.07) is 10.4. The van der Waals surface area contributed by atoms with Gasteiger partial charge in [0.15, 0.2) is 0 Å². The van der Waals surface area contributed by atoms with Crippen molar-refractivity contribution < 1.29 is 0 Å². The molecule has 0 aliphatic carbocycles. The van der Waals surface area contributed by atoms with Crippen molar-refractivity contribution in [2.24, 2.45) is 5.73 Å². The number of hydrogen-bond donors (Lipinski definition) is 1. The second kappa shape index (κ2) is 4.26. The predicted molar refractivity (Wildman–Crippen MR) is 57.7 cm³/mol. The van der Waals surface area contributed by atoms with Gasteiger partial charge in [0.25, 0.3) is 0 Å². The first-order chi connectivity index (χ1) is 6.53. The maximum atomic E-state index is 8.75. The number of nitrogens with zero attached hydrogens (tertiary/aromatic N) is 1. The molecule has 1 rings (SSSR count). The summed E-state index contributed by atoms with van der Waals surface area (Å²) >= 11 is 0. The van der Waals surface area contributed by atoms with Crippen molar-refractivity contribution >= 4 is 0 Å². The van der Waals surface area contributed by atoms with Crippen molar-refractivity contribution in [3.8, 4) is 6.07 Å². The maximum absolute atomic E-state index is 8.75. The van der Waals surface area contributed by atoms with Gasteiger partial charge in [-0.05, 0) is 32.3 Å². The van der Waals surface area contributed by atoms with E-state index in [1.165, 1.54) is 11.1 Å². The van der Waals surface area contributed by atoms with E-state index < -0.39 is 5.54 Å². The van der Waals surface area contributed by atoms with Gasteiger partial charge in [-0.3, -0.25) is 0 Å². The van der Waals surface area contributed by atoms with Crippen LogP contribution in [0.3, 0.4) is 0 Å². The molecule has 1 unspecified atom stereocenters. The van der Waals surface area contributed by atoms with Crippen LogP contribution in [-0.4, -0.2) is 5.54 Å². The third-order valence-corrected chi connectivity index (χ3v) is 2.27. The lowest BCUT2D eigenvalue weighted by atomic mass is 9.95. The van der Waals surface area contributed by atoms with Gasteiger partial charge in [0.05, 0.1) is 6.07 Å². The van der Waals surface area contributed by atoms with Crippen LogP contribution in [0.25, 0.3) is 0 Å². The highest BCUT2D eigenvalue weighted by atomic mass is 14.7. The minimum absolute atomic E-state index is 0.701. The van der Waals surface area contributed by atoms with Crippen LogP contribution in [0.5, 0.6) is 0 Å². The Hall–Kier alpha value is -1.33. The summed E-state index contributed by atoms with van der Waals surface area (Å²) < 4.78 is 0. The molecule has 0 aliphatic heterocycles. The van der Waals surface area contributed by atoms with Crippen LogP contribution < -0.4 is 5.73 Å². The molecule has 2 heteroatoms. The van der Waals surface area contributed by atoms with Crippen LogP contribution in [0.15, 0.2) is 24.3 Å². The summed E-state index contributed by atoms with van der Waals surface area (Å²) in [7, 11) is 0. The first kappa shape index (κ1) is 10.7. The van der Waals surface area contributed by atoms with Crippen molar-refractivity contribution in [1.29, 1.82) is 5.26 Å². The molecule has 0 bridgehead atoms. The van der Waals surface area contributed by atoms with Gasteiger partial charge in [0.2, 0.25) is 0 Å². The molecule has 0 fully saturated rings. The minimum Gasteiger partial charge on any atom is -0.314 e. The van der Waals surface area contributed by atoms with Crippen molar-refractivity contribution in [3.05, 3.63) is 35.4 Å². The van der Waals surface area contributed by atoms with Crippen molar-refractivity contribution in [2.45, 2.75) is 32.2 Å². The predicted octanol–water partition coefficient (Wildman–Crippen LogP) is 2.17. The van der Waals surface area contributed by atoms with Crippen LogP contribution in [0, 0.1) is 18.3 Å². The van der Waals surface area contributed by atoms with Crippen molar-refractivity contribution in [1.82, 2.24) is 0 Å². The molecular weight excluding hydrogens is 172 g/mol. The Morgan fingerprint density at radius 3 is 2.79 bits per heavy atom. The summed E-state index contributed by atoms with van der Waals surface area (Å²) in [5.74, 6) is 0. The van der Waals surface area contributed by atoms with Gasteiger partial charge in [0.1, 0.15) is 5.54 Å². The van der Waals surface area contributed by atoms with Gasteiger partial charge in [-0.2, -0.15) is 5.26 Å². The standard InChI is InChI=1S/C12H16N2/c1-10-4-3-5-11(8-10)6-7-12(2,14)9-13/h3-5,8H,6-7,14H2,1-2H3. The lowest BCUT2D eigenvalue weighted by molar-refractivity contribution is 0.546. The van der Waals surface area contributed by atoms with Crippen LogP contribution in [-0.2, 0) is 6.42 Å². The zero-order valence-corrected chi connectivity index (χ0v) is 8.75. The van der Waals surface area contributed by atoms with E-state index in [1.54, 1.807) is 6.92 Å². The van der Waals surface area contributed by atoms with Crippen molar-refractivity contribution in [3.63, 3.8) is 0 Å². The molecule has 0 aliphatic rings. The van der Waals surface area contributed by atoms with Crippen molar-refractivity contribution in [2.75, 3.05) is 0 Å².